The minimum absolute atomic E-state index is 0.0435. The maximum atomic E-state index is 11.7. The van der Waals surface area contributed by atoms with Crippen LogP contribution in [0.1, 0.15) is 23.7 Å². The first-order valence-corrected chi connectivity index (χ1v) is 6.01. The third-order valence-electron chi connectivity index (χ3n) is 2.63. The van der Waals surface area contributed by atoms with E-state index in [1.165, 1.54) is 4.90 Å². The number of methoxy groups -OCH3 is 1. The summed E-state index contributed by atoms with van der Waals surface area (Å²) in [6.07, 6.45) is 2.54. The van der Waals surface area contributed by atoms with Gasteiger partial charge in [-0.2, -0.15) is 0 Å². The lowest BCUT2D eigenvalue weighted by molar-refractivity contribution is 0.0827. The van der Waals surface area contributed by atoms with E-state index in [-0.39, 0.29) is 11.9 Å². The molecule has 1 atom stereocenters. The molecule has 1 N–H and O–H groups in total. The number of aromatic nitrogens is 1. The van der Waals surface area contributed by atoms with Gasteiger partial charge < -0.3 is 15.0 Å². The molecular weight excluding hydrogens is 230 g/mol. The predicted molar refractivity (Wildman–Crippen MR) is 71.8 cm³/mol. The van der Waals surface area contributed by atoms with Crippen LogP contribution in [0.3, 0.4) is 0 Å². The van der Waals surface area contributed by atoms with E-state index in [1.807, 2.05) is 6.07 Å². The number of hydrogen-bond acceptors (Lipinski definition) is 4. The molecule has 0 saturated carbocycles. The molecule has 0 fully saturated rings. The van der Waals surface area contributed by atoms with Gasteiger partial charge in [0.1, 0.15) is 5.82 Å². The lowest BCUT2D eigenvalue weighted by Crippen LogP contribution is -2.25. The molecule has 0 saturated heterocycles. The summed E-state index contributed by atoms with van der Waals surface area (Å²) < 4.78 is 5.11. The maximum absolute atomic E-state index is 11.7. The number of nitrogens with one attached hydrogen (secondary N) is 1. The Kier molecular flexibility index (Phi) is 5.58. The van der Waals surface area contributed by atoms with Gasteiger partial charge in [-0.25, -0.2) is 4.98 Å². The highest BCUT2D eigenvalue weighted by atomic mass is 16.5. The Morgan fingerprint density at radius 2 is 2.22 bits per heavy atom. The molecule has 1 rings (SSSR count). The molecule has 1 aromatic heterocycles. The molecule has 5 heteroatoms. The maximum Gasteiger partial charge on any atom is 0.254 e. The zero-order chi connectivity index (χ0) is 13.5. The van der Waals surface area contributed by atoms with E-state index in [0.29, 0.717) is 12.2 Å². The monoisotopic (exact) mass is 251 g/mol. The van der Waals surface area contributed by atoms with E-state index >= 15 is 0 Å². The summed E-state index contributed by atoms with van der Waals surface area (Å²) in [6, 6.07) is 3.82. The molecule has 1 amide bonds. The first-order chi connectivity index (χ1) is 8.58. The van der Waals surface area contributed by atoms with Gasteiger partial charge in [0.05, 0.1) is 18.2 Å². The number of rotatable bonds is 6. The molecular formula is C13H21N3O2. The molecule has 1 heterocycles. The minimum Gasteiger partial charge on any atom is -0.383 e. The average molecular weight is 251 g/mol. The van der Waals surface area contributed by atoms with Crippen molar-refractivity contribution in [2.24, 2.45) is 0 Å². The van der Waals surface area contributed by atoms with Crippen molar-refractivity contribution in [3.63, 3.8) is 0 Å². The van der Waals surface area contributed by atoms with Crippen molar-refractivity contribution in [1.29, 1.82) is 0 Å². The molecule has 5 nitrogen and oxygen atoms in total. The van der Waals surface area contributed by atoms with Crippen molar-refractivity contribution in [1.82, 2.24) is 9.88 Å². The molecule has 0 aromatic carbocycles. The van der Waals surface area contributed by atoms with Crippen LogP contribution in [-0.4, -0.2) is 49.6 Å². The second kappa shape index (κ2) is 6.96. The molecule has 0 radical (unpaired) electrons. The van der Waals surface area contributed by atoms with E-state index in [2.05, 4.69) is 17.2 Å². The SMILES string of the molecule is CCC(COC)Nc1ccc(C(=O)N(C)C)cn1. The molecule has 0 aliphatic carbocycles. The highest BCUT2D eigenvalue weighted by molar-refractivity contribution is 5.93. The summed E-state index contributed by atoms with van der Waals surface area (Å²) in [5, 5.41) is 3.26. The van der Waals surface area contributed by atoms with Crippen LogP contribution in [0.2, 0.25) is 0 Å². The van der Waals surface area contributed by atoms with Crippen LogP contribution in [0, 0.1) is 0 Å². The Morgan fingerprint density at radius 1 is 1.50 bits per heavy atom. The summed E-state index contributed by atoms with van der Waals surface area (Å²) in [6.45, 7) is 2.72. The van der Waals surface area contributed by atoms with Gasteiger partial charge in [-0.15, -0.1) is 0 Å². The van der Waals surface area contributed by atoms with Crippen molar-refractivity contribution in [2.75, 3.05) is 33.1 Å². The number of nitrogens with zero attached hydrogens (tertiary/aromatic N) is 2. The third-order valence-corrected chi connectivity index (χ3v) is 2.63. The Balaban J connectivity index is 2.68. The van der Waals surface area contributed by atoms with Gasteiger partial charge in [-0.1, -0.05) is 6.92 Å². The quantitative estimate of drug-likeness (QED) is 0.834. The Morgan fingerprint density at radius 3 is 2.67 bits per heavy atom. The van der Waals surface area contributed by atoms with Gasteiger partial charge in [-0.05, 0) is 18.6 Å². The molecule has 1 aromatic rings. The number of carbonyl (C=O) groups excluding carboxylic acids is 1. The van der Waals surface area contributed by atoms with Crippen molar-refractivity contribution < 1.29 is 9.53 Å². The summed E-state index contributed by atoms with van der Waals surface area (Å²) in [4.78, 5) is 17.5. The van der Waals surface area contributed by atoms with E-state index < -0.39 is 0 Å². The molecule has 18 heavy (non-hydrogen) atoms. The van der Waals surface area contributed by atoms with Crippen LogP contribution in [0.4, 0.5) is 5.82 Å². The van der Waals surface area contributed by atoms with Crippen molar-refractivity contribution in [3.05, 3.63) is 23.9 Å². The van der Waals surface area contributed by atoms with Crippen LogP contribution in [0.5, 0.6) is 0 Å². The number of amides is 1. The van der Waals surface area contributed by atoms with Gasteiger partial charge >= 0.3 is 0 Å². The highest BCUT2D eigenvalue weighted by Crippen LogP contribution is 2.09. The number of ether oxygens (including phenoxy) is 1. The summed E-state index contributed by atoms with van der Waals surface area (Å²) >= 11 is 0. The van der Waals surface area contributed by atoms with Crippen LogP contribution in [-0.2, 0) is 4.74 Å². The van der Waals surface area contributed by atoms with Gasteiger partial charge in [-0.3, -0.25) is 4.79 Å². The number of pyridine rings is 1. The average Bonchev–Trinajstić information content (AvgIpc) is 2.38. The number of carbonyl (C=O) groups is 1. The van der Waals surface area contributed by atoms with Crippen LogP contribution in [0.15, 0.2) is 18.3 Å². The van der Waals surface area contributed by atoms with Gasteiger partial charge in [0, 0.05) is 27.4 Å². The second-order valence-electron chi connectivity index (χ2n) is 4.34. The summed E-state index contributed by atoms with van der Waals surface area (Å²) in [5.74, 6) is 0.715. The lowest BCUT2D eigenvalue weighted by atomic mass is 10.2. The van der Waals surface area contributed by atoms with Gasteiger partial charge in [0.2, 0.25) is 0 Å². The van der Waals surface area contributed by atoms with Crippen LogP contribution < -0.4 is 5.32 Å². The highest BCUT2D eigenvalue weighted by Gasteiger charge is 2.09. The summed E-state index contributed by atoms with van der Waals surface area (Å²) in [7, 11) is 5.12. The first-order valence-electron chi connectivity index (χ1n) is 6.01. The smallest absolute Gasteiger partial charge is 0.254 e. The van der Waals surface area contributed by atoms with E-state index in [4.69, 9.17) is 4.74 Å². The molecule has 0 spiro atoms. The van der Waals surface area contributed by atoms with E-state index in [1.54, 1.807) is 33.5 Å². The van der Waals surface area contributed by atoms with E-state index in [0.717, 1.165) is 12.2 Å². The second-order valence-corrected chi connectivity index (χ2v) is 4.34. The first kappa shape index (κ1) is 14.4. The van der Waals surface area contributed by atoms with Crippen molar-refractivity contribution >= 4 is 11.7 Å². The van der Waals surface area contributed by atoms with Crippen molar-refractivity contribution in [3.8, 4) is 0 Å². The fourth-order valence-electron chi connectivity index (χ4n) is 1.54. The molecule has 0 bridgehead atoms. The third kappa shape index (κ3) is 4.00. The largest absolute Gasteiger partial charge is 0.383 e. The normalized spacial score (nSPS) is 12.0. The zero-order valence-corrected chi connectivity index (χ0v) is 11.4. The Bertz CT molecular complexity index is 376. The van der Waals surface area contributed by atoms with Gasteiger partial charge in [0.25, 0.3) is 5.91 Å². The Labute approximate surface area is 108 Å². The Hall–Kier alpha value is -1.62. The molecule has 1 unspecified atom stereocenters. The fourth-order valence-corrected chi connectivity index (χ4v) is 1.54. The molecule has 100 valence electrons. The van der Waals surface area contributed by atoms with Crippen molar-refractivity contribution in [2.45, 2.75) is 19.4 Å². The topological polar surface area (TPSA) is 54.5 Å². The minimum atomic E-state index is -0.0435. The fraction of sp³-hybridized carbons (Fsp3) is 0.538. The number of hydrogen-bond donors (Lipinski definition) is 1. The lowest BCUT2D eigenvalue weighted by Gasteiger charge is -2.16. The molecule has 0 aliphatic heterocycles. The van der Waals surface area contributed by atoms with E-state index in [9.17, 15) is 4.79 Å². The standard InChI is InChI=1S/C13H21N3O2/c1-5-11(9-18-4)15-12-7-6-10(8-14-12)13(17)16(2)3/h6-8,11H,5,9H2,1-4H3,(H,14,15). The summed E-state index contributed by atoms with van der Waals surface area (Å²) in [5.41, 5.74) is 0.588. The zero-order valence-electron chi connectivity index (χ0n) is 11.4. The van der Waals surface area contributed by atoms with Crippen LogP contribution >= 0.6 is 0 Å². The van der Waals surface area contributed by atoms with Gasteiger partial charge in [0.15, 0.2) is 0 Å². The number of anilines is 1. The molecule has 0 aliphatic rings. The predicted octanol–water partition coefficient (Wildman–Crippen LogP) is 1.62. The van der Waals surface area contributed by atoms with Crippen LogP contribution in [0.25, 0.3) is 0 Å².